The van der Waals surface area contributed by atoms with E-state index in [1.54, 1.807) is 36.0 Å². The van der Waals surface area contributed by atoms with Crippen molar-refractivity contribution in [1.29, 1.82) is 0 Å². The van der Waals surface area contributed by atoms with Gasteiger partial charge in [0, 0.05) is 12.2 Å². The predicted octanol–water partition coefficient (Wildman–Crippen LogP) is 0.824. The molecule has 4 unspecified atom stereocenters. The van der Waals surface area contributed by atoms with Gasteiger partial charge < -0.3 is 26.8 Å². The molecule has 11 heteroatoms. The molecule has 0 bridgehead atoms. The minimum Gasteiger partial charge on any atom is -0.480 e. The number of carbonyl (C=O) groups excluding carboxylic acids is 3. The number of hydrogen-bond donors (Lipinski definition) is 6. The van der Waals surface area contributed by atoms with Crippen molar-refractivity contribution in [3.05, 3.63) is 35.9 Å². The smallest absolute Gasteiger partial charge is 0.326 e. The van der Waals surface area contributed by atoms with Gasteiger partial charge in [0.05, 0.1) is 6.04 Å². The van der Waals surface area contributed by atoms with Crippen LogP contribution in [0, 0.1) is 5.92 Å². The maximum absolute atomic E-state index is 13.0. The summed E-state index contributed by atoms with van der Waals surface area (Å²) >= 11 is 5.71. The number of thioether (sulfide) groups is 1. The molecule has 0 aliphatic carbocycles. The van der Waals surface area contributed by atoms with Gasteiger partial charge in [-0.15, -0.1) is 0 Å². The molecule has 0 radical (unpaired) electrons. The molecule has 0 heterocycles. The lowest BCUT2D eigenvalue weighted by atomic mass is 10.0. The third-order valence-corrected chi connectivity index (χ3v) is 6.03. The van der Waals surface area contributed by atoms with Gasteiger partial charge in [-0.05, 0) is 36.3 Å². The molecule has 9 nitrogen and oxygen atoms in total. The fourth-order valence-corrected chi connectivity index (χ4v) is 3.89. The zero-order valence-corrected chi connectivity index (χ0v) is 21.5. The average molecular weight is 513 g/mol. The normalized spacial score (nSPS) is 14.5. The van der Waals surface area contributed by atoms with Crippen LogP contribution in [0.15, 0.2) is 30.3 Å². The molecule has 1 rings (SSSR count). The van der Waals surface area contributed by atoms with Crippen LogP contribution in [0.2, 0.25) is 0 Å². The topological polar surface area (TPSA) is 151 Å². The molecular formula is C23H36N4O5S2. The van der Waals surface area contributed by atoms with Crippen molar-refractivity contribution in [2.45, 2.75) is 57.3 Å². The predicted molar refractivity (Wildman–Crippen MR) is 138 cm³/mol. The lowest BCUT2D eigenvalue weighted by molar-refractivity contribution is -0.142. The minimum atomic E-state index is -1.17. The molecule has 3 amide bonds. The molecule has 34 heavy (non-hydrogen) atoms. The number of carboxylic acids is 1. The fourth-order valence-electron chi connectivity index (χ4n) is 3.15. The zero-order valence-electron chi connectivity index (χ0n) is 19.8. The van der Waals surface area contributed by atoms with E-state index >= 15 is 0 Å². The molecule has 0 saturated heterocycles. The third-order valence-electron chi connectivity index (χ3n) is 5.02. The molecule has 0 fully saturated rings. The SMILES string of the molecule is CSCCC(N)C(=O)NC(CS)C(=O)NC(CC(C)C)C(=O)NC(Cc1ccccc1)C(=O)O. The monoisotopic (exact) mass is 512 g/mol. The first kappa shape index (κ1) is 29.8. The van der Waals surface area contributed by atoms with E-state index in [0.717, 1.165) is 5.56 Å². The van der Waals surface area contributed by atoms with Crippen LogP contribution in [0.1, 0.15) is 32.3 Å². The molecule has 190 valence electrons. The molecule has 0 spiro atoms. The average Bonchev–Trinajstić information content (AvgIpc) is 2.79. The first-order chi connectivity index (χ1) is 16.1. The Hall–Kier alpha value is -2.24. The molecule has 0 aliphatic heterocycles. The van der Waals surface area contributed by atoms with Gasteiger partial charge in [-0.1, -0.05) is 44.2 Å². The number of nitrogens with one attached hydrogen (secondary N) is 3. The van der Waals surface area contributed by atoms with Gasteiger partial charge in [-0.25, -0.2) is 4.79 Å². The summed E-state index contributed by atoms with van der Waals surface area (Å²) in [4.78, 5) is 49.9. The van der Waals surface area contributed by atoms with Gasteiger partial charge in [0.15, 0.2) is 0 Å². The molecule has 6 N–H and O–H groups in total. The van der Waals surface area contributed by atoms with Gasteiger partial charge >= 0.3 is 5.97 Å². The van der Waals surface area contributed by atoms with Gasteiger partial charge in [0.2, 0.25) is 17.7 Å². The number of nitrogens with two attached hydrogens (primary N) is 1. The van der Waals surface area contributed by atoms with Crippen LogP contribution in [0.25, 0.3) is 0 Å². The van der Waals surface area contributed by atoms with E-state index in [1.807, 2.05) is 26.2 Å². The third kappa shape index (κ3) is 10.8. The zero-order chi connectivity index (χ0) is 25.7. The summed E-state index contributed by atoms with van der Waals surface area (Å²) in [6.07, 6.45) is 2.76. The molecule has 0 saturated carbocycles. The lowest BCUT2D eigenvalue weighted by Crippen LogP contribution is -2.58. The largest absolute Gasteiger partial charge is 0.480 e. The van der Waals surface area contributed by atoms with Crippen molar-refractivity contribution in [3.8, 4) is 0 Å². The van der Waals surface area contributed by atoms with Crippen molar-refractivity contribution in [2.24, 2.45) is 11.7 Å². The summed E-state index contributed by atoms with van der Waals surface area (Å²) in [6.45, 7) is 3.77. The summed E-state index contributed by atoms with van der Waals surface area (Å²) in [7, 11) is 0. The Morgan fingerprint density at radius 2 is 1.53 bits per heavy atom. The van der Waals surface area contributed by atoms with Gasteiger partial charge in [0.1, 0.15) is 18.1 Å². The second-order valence-corrected chi connectivity index (χ2v) is 9.76. The summed E-state index contributed by atoms with van der Waals surface area (Å²) in [5.41, 5.74) is 6.63. The van der Waals surface area contributed by atoms with Crippen LogP contribution < -0.4 is 21.7 Å². The van der Waals surface area contributed by atoms with Gasteiger partial charge in [-0.3, -0.25) is 14.4 Å². The number of hydrogen-bond acceptors (Lipinski definition) is 7. The number of benzene rings is 1. The maximum atomic E-state index is 13.0. The summed E-state index contributed by atoms with van der Waals surface area (Å²) in [5, 5.41) is 17.3. The van der Waals surface area contributed by atoms with E-state index in [9.17, 15) is 24.3 Å². The summed E-state index contributed by atoms with van der Waals surface area (Å²) in [6, 6.07) is 5.07. The van der Waals surface area contributed by atoms with Gasteiger partial charge in [-0.2, -0.15) is 24.4 Å². The highest BCUT2D eigenvalue weighted by molar-refractivity contribution is 7.98. The Morgan fingerprint density at radius 3 is 2.06 bits per heavy atom. The van der Waals surface area contributed by atoms with Crippen LogP contribution >= 0.6 is 24.4 Å². The quantitative estimate of drug-likeness (QED) is 0.190. The number of amides is 3. The van der Waals surface area contributed by atoms with E-state index in [4.69, 9.17) is 5.73 Å². The maximum Gasteiger partial charge on any atom is 0.326 e. The lowest BCUT2D eigenvalue weighted by Gasteiger charge is -2.25. The molecule has 1 aromatic carbocycles. The molecule has 1 aromatic rings. The van der Waals surface area contributed by atoms with Crippen LogP contribution in [0.5, 0.6) is 0 Å². The van der Waals surface area contributed by atoms with Crippen molar-refractivity contribution in [3.63, 3.8) is 0 Å². The van der Waals surface area contributed by atoms with E-state index in [2.05, 4.69) is 28.6 Å². The van der Waals surface area contributed by atoms with E-state index in [-0.39, 0.29) is 24.5 Å². The van der Waals surface area contributed by atoms with Crippen LogP contribution in [-0.2, 0) is 25.6 Å². The molecule has 0 aliphatic rings. The number of aliphatic carboxylic acids is 1. The second-order valence-electron chi connectivity index (χ2n) is 8.41. The van der Waals surface area contributed by atoms with Crippen molar-refractivity contribution in [2.75, 3.05) is 17.8 Å². The number of rotatable bonds is 15. The van der Waals surface area contributed by atoms with Crippen molar-refractivity contribution >= 4 is 48.1 Å². The first-order valence-corrected chi connectivity index (χ1v) is 13.1. The Kier molecular flexibility index (Phi) is 13.7. The fraction of sp³-hybridized carbons (Fsp3) is 0.565. The summed E-state index contributed by atoms with van der Waals surface area (Å²) < 4.78 is 0. The Bertz CT molecular complexity index is 810. The Balaban J connectivity index is 2.87. The van der Waals surface area contributed by atoms with E-state index < -0.39 is 47.9 Å². The highest BCUT2D eigenvalue weighted by atomic mass is 32.2. The van der Waals surface area contributed by atoms with Crippen molar-refractivity contribution < 1.29 is 24.3 Å². The Morgan fingerprint density at radius 1 is 0.971 bits per heavy atom. The van der Waals surface area contributed by atoms with Crippen LogP contribution in [-0.4, -0.2) is 70.7 Å². The molecular weight excluding hydrogens is 476 g/mol. The van der Waals surface area contributed by atoms with Gasteiger partial charge in [0.25, 0.3) is 0 Å². The first-order valence-electron chi connectivity index (χ1n) is 11.1. The second kappa shape index (κ2) is 15.6. The number of thiol groups is 1. The summed E-state index contributed by atoms with van der Waals surface area (Å²) in [5.74, 6) is -2.08. The highest BCUT2D eigenvalue weighted by Crippen LogP contribution is 2.09. The minimum absolute atomic E-state index is 0.00853. The molecule has 0 aromatic heterocycles. The Labute approximate surface area is 210 Å². The van der Waals surface area contributed by atoms with Crippen molar-refractivity contribution in [1.82, 2.24) is 16.0 Å². The van der Waals surface area contributed by atoms with E-state index in [1.165, 1.54) is 0 Å². The number of carbonyl (C=O) groups is 4. The number of carboxylic acid groups (broad SMARTS) is 1. The highest BCUT2D eigenvalue weighted by Gasteiger charge is 2.30. The van der Waals surface area contributed by atoms with E-state index in [0.29, 0.717) is 12.2 Å². The van der Waals surface area contributed by atoms with Crippen LogP contribution in [0.4, 0.5) is 0 Å². The molecule has 4 atom stereocenters. The van der Waals surface area contributed by atoms with Crippen LogP contribution in [0.3, 0.4) is 0 Å². The standard InChI is InChI=1S/C23H36N4O5S2/c1-14(2)11-17(21(29)26-18(23(31)32)12-15-7-5-4-6-8-15)25-22(30)19(13-33)27-20(28)16(24)9-10-34-3/h4-8,14,16-19,33H,9-13,24H2,1-3H3,(H,25,30)(H,26,29)(H,27,28)(H,31,32).